The highest BCUT2D eigenvalue weighted by molar-refractivity contribution is 7.80. The zero-order valence-electron chi connectivity index (χ0n) is 14.7. The van der Waals surface area contributed by atoms with E-state index in [4.69, 9.17) is 40.2 Å². The lowest BCUT2D eigenvalue weighted by Gasteiger charge is -2.11. The smallest absolute Gasteiger partial charge is 0.276 e. The van der Waals surface area contributed by atoms with Gasteiger partial charge in [0, 0.05) is 6.54 Å². The third-order valence-electron chi connectivity index (χ3n) is 3.99. The van der Waals surface area contributed by atoms with Crippen LogP contribution >= 0.6 is 35.4 Å². The van der Waals surface area contributed by atoms with Crippen molar-refractivity contribution in [1.29, 1.82) is 0 Å². The van der Waals surface area contributed by atoms with Gasteiger partial charge in [-0.05, 0) is 60.1 Å². The highest BCUT2D eigenvalue weighted by Crippen LogP contribution is 2.24. The van der Waals surface area contributed by atoms with E-state index in [0.717, 1.165) is 23.3 Å². The highest BCUT2D eigenvalue weighted by atomic mass is 35.5. The van der Waals surface area contributed by atoms with Gasteiger partial charge in [-0.2, -0.15) is 0 Å². The molecule has 1 fully saturated rings. The maximum Gasteiger partial charge on any atom is 0.276 e. The van der Waals surface area contributed by atoms with Crippen LogP contribution in [0.2, 0.25) is 10.0 Å². The zero-order valence-corrected chi connectivity index (χ0v) is 17.0. The lowest BCUT2D eigenvalue weighted by molar-refractivity contribution is -0.122. The van der Waals surface area contributed by atoms with Crippen LogP contribution in [0.25, 0.3) is 6.08 Å². The van der Waals surface area contributed by atoms with Crippen LogP contribution < -0.4 is 10.1 Å². The number of ether oxygens (including phenoxy) is 1. The van der Waals surface area contributed by atoms with Gasteiger partial charge in [-0.25, -0.2) is 0 Å². The summed E-state index contributed by atoms with van der Waals surface area (Å²) in [5.41, 5.74) is 2.30. The molecule has 1 saturated heterocycles. The monoisotopic (exact) mass is 420 g/mol. The van der Waals surface area contributed by atoms with E-state index in [-0.39, 0.29) is 5.91 Å². The van der Waals surface area contributed by atoms with Crippen LogP contribution in [0, 0.1) is 0 Å². The van der Waals surface area contributed by atoms with E-state index in [1.54, 1.807) is 23.1 Å². The fraction of sp³-hybridized carbons (Fsp3) is 0.200. The molecule has 1 amide bonds. The van der Waals surface area contributed by atoms with Crippen molar-refractivity contribution in [2.24, 2.45) is 0 Å². The summed E-state index contributed by atoms with van der Waals surface area (Å²) in [6.07, 6.45) is 2.64. The quantitative estimate of drug-likeness (QED) is 0.524. The summed E-state index contributed by atoms with van der Waals surface area (Å²) in [5, 5.41) is 4.45. The van der Waals surface area contributed by atoms with Crippen LogP contribution in [-0.2, 0) is 11.4 Å². The first-order valence-corrected chi connectivity index (χ1v) is 9.65. The fourth-order valence-corrected chi connectivity index (χ4v) is 3.23. The molecule has 0 bridgehead atoms. The van der Waals surface area contributed by atoms with Crippen LogP contribution in [0.1, 0.15) is 24.5 Å². The predicted molar refractivity (Wildman–Crippen MR) is 113 cm³/mol. The van der Waals surface area contributed by atoms with Crippen LogP contribution in [0.3, 0.4) is 0 Å². The van der Waals surface area contributed by atoms with E-state index >= 15 is 0 Å². The van der Waals surface area contributed by atoms with Crippen molar-refractivity contribution >= 4 is 52.5 Å². The summed E-state index contributed by atoms with van der Waals surface area (Å²) in [6.45, 7) is 3.01. The maximum absolute atomic E-state index is 12.4. The third kappa shape index (κ3) is 4.80. The van der Waals surface area contributed by atoms with Gasteiger partial charge >= 0.3 is 0 Å². The summed E-state index contributed by atoms with van der Waals surface area (Å²) >= 11 is 17.1. The molecule has 1 aliphatic heterocycles. The summed E-state index contributed by atoms with van der Waals surface area (Å²) < 4.78 is 5.77. The van der Waals surface area contributed by atoms with Crippen LogP contribution in [-0.4, -0.2) is 22.5 Å². The molecule has 0 aliphatic carbocycles. The standard InChI is InChI=1S/C20H18Cl2N2O2S/c1-2-9-24-19(25)18(23-20(24)27)11-13-3-6-15(7-4-13)26-12-14-5-8-16(21)17(22)10-14/h3-8,10-11H,2,9,12H2,1H3,(H,23,27). The van der Waals surface area contributed by atoms with Crippen LogP contribution in [0.15, 0.2) is 48.2 Å². The Labute approximate surface area is 173 Å². The Bertz CT molecular complexity index is 897. The molecule has 0 aromatic heterocycles. The molecule has 1 N–H and O–H groups in total. The van der Waals surface area contributed by atoms with Crippen molar-refractivity contribution in [3.63, 3.8) is 0 Å². The average molecular weight is 421 g/mol. The largest absolute Gasteiger partial charge is 0.489 e. The molecule has 140 valence electrons. The van der Waals surface area contributed by atoms with Crippen molar-refractivity contribution < 1.29 is 9.53 Å². The van der Waals surface area contributed by atoms with Gasteiger partial charge < -0.3 is 10.1 Å². The second-order valence-electron chi connectivity index (χ2n) is 6.05. The fourth-order valence-electron chi connectivity index (χ4n) is 2.62. The maximum atomic E-state index is 12.4. The Morgan fingerprint density at radius 1 is 1.15 bits per heavy atom. The number of rotatable bonds is 6. The SMILES string of the molecule is CCCN1C(=O)C(=Cc2ccc(OCc3ccc(Cl)c(Cl)c3)cc2)NC1=S. The Kier molecular flexibility index (Phi) is 6.37. The van der Waals surface area contributed by atoms with E-state index in [0.29, 0.717) is 34.0 Å². The van der Waals surface area contributed by atoms with Crippen molar-refractivity contribution in [1.82, 2.24) is 10.2 Å². The van der Waals surface area contributed by atoms with Gasteiger partial charge in [-0.15, -0.1) is 0 Å². The highest BCUT2D eigenvalue weighted by Gasteiger charge is 2.29. The lowest BCUT2D eigenvalue weighted by atomic mass is 10.2. The predicted octanol–water partition coefficient (Wildman–Crippen LogP) is 5.04. The zero-order chi connectivity index (χ0) is 19.4. The molecule has 1 aliphatic rings. The number of hydrogen-bond donors (Lipinski definition) is 1. The van der Waals surface area contributed by atoms with Crippen LogP contribution in [0.5, 0.6) is 5.75 Å². The summed E-state index contributed by atoms with van der Waals surface area (Å²) in [7, 11) is 0. The molecule has 2 aromatic rings. The molecular formula is C20H18Cl2N2O2S. The molecule has 4 nitrogen and oxygen atoms in total. The summed E-state index contributed by atoms with van der Waals surface area (Å²) in [6, 6.07) is 12.9. The number of thiocarbonyl (C=S) groups is 1. The Morgan fingerprint density at radius 2 is 1.89 bits per heavy atom. The van der Waals surface area contributed by atoms with E-state index in [2.05, 4.69) is 5.32 Å². The molecule has 0 unspecified atom stereocenters. The van der Waals surface area contributed by atoms with E-state index in [9.17, 15) is 4.79 Å². The van der Waals surface area contributed by atoms with E-state index in [1.807, 2.05) is 37.3 Å². The summed E-state index contributed by atoms with van der Waals surface area (Å²) in [4.78, 5) is 13.9. The number of nitrogens with one attached hydrogen (secondary N) is 1. The Balaban J connectivity index is 1.64. The topological polar surface area (TPSA) is 41.6 Å². The first-order valence-electron chi connectivity index (χ1n) is 8.49. The van der Waals surface area contributed by atoms with E-state index in [1.165, 1.54) is 0 Å². The average Bonchev–Trinajstić information content (AvgIpc) is 2.92. The van der Waals surface area contributed by atoms with Gasteiger partial charge in [0.15, 0.2) is 5.11 Å². The molecule has 1 heterocycles. The third-order valence-corrected chi connectivity index (χ3v) is 5.05. The number of nitrogens with zero attached hydrogens (tertiary/aromatic N) is 1. The first kappa shape index (κ1) is 19.7. The van der Waals surface area contributed by atoms with Gasteiger partial charge in [0.25, 0.3) is 5.91 Å². The Hall–Kier alpha value is -2.08. The number of benzene rings is 2. The second-order valence-corrected chi connectivity index (χ2v) is 7.25. The molecule has 0 radical (unpaired) electrons. The molecule has 0 spiro atoms. The van der Waals surface area contributed by atoms with Crippen molar-refractivity contribution in [2.45, 2.75) is 20.0 Å². The number of carbonyl (C=O) groups is 1. The molecule has 0 saturated carbocycles. The van der Waals surface area contributed by atoms with Crippen LogP contribution in [0.4, 0.5) is 0 Å². The first-order chi connectivity index (χ1) is 13.0. The van der Waals surface area contributed by atoms with Gasteiger partial charge in [-0.1, -0.05) is 48.3 Å². The second kappa shape index (κ2) is 8.74. The molecule has 7 heteroatoms. The van der Waals surface area contributed by atoms with Crippen molar-refractivity contribution in [3.05, 3.63) is 69.3 Å². The minimum absolute atomic E-state index is 0.0956. The molecule has 2 aromatic carbocycles. The minimum atomic E-state index is -0.0956. The lowest BCUT2D eigenvalue weighted by Crippen LogP contribution is -2.31. The van der Waals surface area contributed by atoms with Crippen molar-refractivity contribution in [3.8, 4) is 5.75 Å². The van der Waals surface area contributed by atoms with Crippen molar-refractivity contribution in [2.75, 3.05) is 6.54 Å². The number of amides is 1. The van der Waals surface area contributed by atoms with Gasteiger partial charge in [0.2, 0.25) is 0 Å². The normalized spacial score (nSPS) is 15.4. The number of halogens is 2. The minimum Gasteiger partial charge on any atom is -0.489 e. The summed E-state index contributed by atoms with van der Waals surface area (Å²) in [5.74, 6) is 0.624. The van der Waals surface area contributed by atoms with E-state index < -0.39 is 0 Å². The molecule has 27 heavy (non-hydrogen) atoms. The van der Waals surface area contributed by atoms with Gasteiger partial charge in [-0.3, -0.25) is 9.69 Å². The molecule has 3 rings (SSSR count). The molecule has 0 atom stereocenters. The number of carbonyl (C=O) groups excluding carboxylic acids is 1. The van der Waals surface area contributed by atoms with Gasteiger partial charge in [0.05, 0.1) is 10.0 Å². The van der Waals surface area contributed by atoms with Gasteiger partial charge in [0.1, 0.15) is 18.1 Å². The molecular weight excluding hydrogens is 403 g/mol. The number of hydrogen-bond acceptors (Lipinski definition) is 3. The Morgan fingerprint density at radius 3 is 2.56 bits per heavy atom.